The van der Waals surface area contributed by atoms with E-state index in [1.165, 1.54) is 5.56 Å². The molecule has 0 aliphatic heterocycles. The quantitative estimate of drug-likeness (QED) is 0.875. The minimum absolute atomic E-state index is 0.140. The van der Waals surface area contributed by atoms with Crippen LogP contribution in [0, 0.1) is 0 Å². The first kappa shape index (κ1) is 17.0. The Labute approximate surface area is 134 Å². The van der Waals surface area contributed by atoms with E-state index in [4.69, 9.17) is 5.73 Å². The fourth-order valence-electron chi connectivity index (χ4n) is 3.29. The summed E-state index contributed by atoms with van der Waals surface area (Å²) in [5.74, 6) is 0.654. The molecule has 3 nitrogen and oxygen atoms in total. The van der Waals surface area contributed by atoms with Crippen LogP contribution in [0.25, 0.3) is 0 Å². The highest BCUT2D eigenvalue weighted by Crippen LogP contribution is 2.41. The van der Waals surface area contributed by atoms with Gasteiger partial charge in [0.05, 0.1) is 5.41 Å². The summed E-state index contributed by atoms with van der Waals surface area (Å²) >= 11 is 0. The molecule has 0 heterocycles. The third-order valence-corrected chi connectivity index (χ3v) is 4.73. The van der Waals surface area contributed by atoms with Crippen molar-refractivity contribution in [2.24, 2.45) is 5.73 Å². The second-order valence-corrected chi connectivity index (χ2v) is 7.74. The van der Waals surface area contributed by atoms with Gasteiger partial charge in [-0.15, -0.1) is 0 Å². The topological polar surface area (TPSA) is 55.1 Å². The van der Waals surface area contributed by atoms with Gasteiger partial charge in [0.15, 0.2) is 0 Å². The zero-order chi connectivity index (χ0) is 16.4. The van der Waals surface area contributed by atoms with Gasteiger partial charge in [0.2, 0.25) is 5.91 Å². The number of hydrogen-bond donors (Lipinski definition) is 2. The van der Waals surface area contributed by atoms with Crippen molar-refractivity contribution in [1.82, 2.24) is 5.32 Å². The molecule has 0 spiro atoms. The first-order chi connectivity index (χ1) is 10.2. The summed E-state index contributed by atoms with van der Waals surface area (Å²) in [7, 11) is 0. The molecule has 1 amide bonds. The summed E-state index contributed by atoms with van der Waals surface area (Å²) < 4.78 is 0. The van der Waals surface area contributed by atoms with Crippen molar-refractivity contribution in [2.75, 3.05) is 6.54 Å². The Kier molecular flexibility index (Phi) is 4.96. The third-order valence-electron chi connectivity index (χ3n) is 4.73. The van der Waals surface area contributed by atoms with Crippen molar-refractivity contribution in [1.29, 1.82) is 0 Å². The maximum absolute atomic E-state index is 12.9. The standard InChI is InChI=1S/C19H30N2O/c1-14(2)15-7-9-16(10-8-15)19(11-5-6-12-19)17(22)21-13-18(3,4)20/h7-10,14H,5-6,11-13,20H2,1-4H3,(H,21,22). The van der Waals surface area contributed by atoms with Gasteiger partial charge < -0.3 is 11.1 Å². The van der Waals surface area contributed by atoms with Crippen LogP contribution in [0.3, 0.4) is 0 Å². The Morgan fingerprint density at radius 2 is 1.77 bits per heavy atom. The van der Waals surface area contributed by atoms with Crippen LogP contribution in [0.5, 0.6) is 0 Å². The molecule has 1 aliphatic rings. The van der Waals surface area contributed by atoms with Gasteiger partial charge in [-0.2, -0.15) is 0 Å². The van der Waals surface area contributed by atoms with Crippen molar-refractivity contribution in [3.05, 3.63) is 35.4 Å². The molecule has 0 atom stereocenters. The maximum Gasteiger partial charge on any atom is 0.230 e. The Hall–Kier alpha value is -1.35. The van der Waals surface area contributed by atoms with E-state index in [1.54, 1.807) is 0 Å². The Morgan fingerprint density at radius 3 is 2.23 bits per heavy atom. The van der Waals surface area contributed by atoms with E-state index in [9.17, 15) is 4.79 Å². The highest BCUT2D eigenvalue weighted by atomic mass is 16.2. The average Bonchev–Trinajstić information content (AvgIpc) is 2.95. The highest BCUT2D eigenvalue weighted by Gasteiger charge is 2.42. The van der Waals surface area contributed by atoms with Gasteiger partial charge in [-0.05, 0) is 43.7 Å². The fraction of sp³-hybridized carbons (Fsp3) is 0.632. The molecule has 1 fully saturated rings. The first-order valence-electron chi connectivity index (χ1n) is 8.42. The number of hydrogen-bond acceptors (Lipinski definition) is 2. The van der Waals surface area contributed by atoms with Crippen LogP contribution in [-0.2, 0) is 10.2 Å². The normalized spacial score (nSPS) is 17.7. The molecule has 3 heteroatoms. The van der Waals surface area contributed by atoms with Crippen LogP contribution in [0.4, 0.5) is 0 Å². The van der Waals surface area contributed by atoms with Crippen molar-refractivity contribution < 1.29 is 4.79 Å². The molecular formula is C19H30N2O. The van der Waals surface area contributed by atoms with Crippen LogP contribution in [-0.4, -0.2) is 18.0 Å². The van der Waals surface area contributed by atoms with Gasteiger partial charge in [-0.1, -0.05) is 51.0 Å². The first-order valence-corrected chi connectivity index (χ1v) is 8.42. The third kappa shape index (κ3) is 3.70. The summed E-state index contributed by atoms with van der Waals surface area (Å²) in [5, 5.41) is 3.08. The lowest BCUT2D eigenvalue weighted by atomic mass is 9.77. The number of carbonyl (C=O) groups excluding carboxylic acids is 1. The van der Waals surface area contributed by atoms with Crippen molar-refractivity contribution >= 4 is 5.91 Å². The lowest BCUT2D eigenvalue weighted by Gasteiger charge is -2.30. The maximum atomic E-state index is 12.9. The smallest absolute Gasteiger partial charge is 0.230 e. The molecular weight excluding hydrogens is 272 g/mol. The zero-order valence-corrected chi connectivity index (χ0v) is 14.4. The molecule has 0 saturated heterocycles. The van der Waals surface area contributed by atoms with Crippen molar-refractivity contribution in [2.45, 2.75) is 70.3 Å². The largest absolute Gasteiger partial charge is 0.354 e. The molecule has 22 heavy (non-hydrogen) atoms. The summed E-state index contributed by atoms with van der Waals surface area (Å²) in [5.41, 5.74) is 7.74. The molecule has 1 aromatic carbocycles. The van der Waals surface area contributed by atoms with Crippen LogP contribution in [0.2, 0.25) is 0 Å². The van der Waals surface area contributed by atoms with Gasteiger partial charge in [0, 0.05) is 12.1 Å². The number of nitrogens with two attached hydrogens (primary N) is 1. The van der Waals surface area contributed by atoms with E-state index < -0.39 is 0 Å². The summed E-state index contributed by atoms with van der Waals surface area (Å²) in [4.78, 5) is 12.9. The Morgan fingerprint density at radius 1 is 1.23 bits per heavy atom. The Bertz CT molecular complexity index is 505. The van der Waals surface area contributed by atoms with Gasteiger partial charge in [0.1, 0.15) is 0 Å². The number of amides is 1. The van der Waals surface area contributed by atoms with E-state index in [0.717, 1.165) is 31.2 Å². The molecule has 0 radical (unpaired) electrons. The van der Waals surface area contributed by atoms with E-state index in [-0.39, 0.29) is 16.9 Å². The molecule has 1 saturated carbocycles. The molecule has 0 unspecified atom stereocenters. The number of rotatable bonds is 5. The fourth-order valence-corrected chi connectivity index (χ4v) is 3.29. The summed E-state index contributed by atoms with van der Waals surface area (Å²) in [6, 6.07) is 8.63. The van der Waals surface area contributed by atoms with Gasteiger partial charge in [0.25, 0.3) is 0 Å². The van der Waals surface area contributed by atoms with Gasteiger partial charge in [-0.3, -0.25) is 4.79 Å². The monoisotopic (exact) mass is 302 g/mol. The predicted molar refractivity (Wildman–Crippen MR) is 92.0 cm³/mol. The summed E-state index contributed by atoms with van der Waals surface area (Å²) in [6.07, 6.45) is 4.10. The van der Waals surface area contributed by atoms with Gasteiger partial charge >= 0.3 is 0 Å². The molecule has 0 aromatic heterocycles. The van der Waals surface area contributed by atoms with Crippen molar-refractivity contribution in [3.63, 3.8) is 0 Å². The second-order valence-electron chi connectivity index (χ2n) is 7.74. The average molecular weight is 302 g/mol. The van der Waals surface area contributed by atoms with Gasteiger partial charge in [-0.25, -0.2) is 0 Å². The highest BCUT2D eigenvalue weighted by molar-refractivity contribution is 5.88. The number of nitrogens with one attached hydrogen (secondary N) is 1. The van der Waals surface area contributed by atoms with E-state index in [0.29, 0.717) is 12.5 Å². The van der Waals surface area contributed by atoms with Crippen LogP contribution in [0.15, 0.2) is 24.3 Å². The molecule has 1 aromatic rings. The van der Waals surface area contributed by atoms with E-state index in [2.05, 4.69) is 43.4 Å². The predicted octanol–water partition coefficient (Wildman–Crippen LogP) is 3.48. The number of carbonyl (C=O) groups is 1. The molecule has 1 aliphatic carbocycles. The lowest BCUT2D eigenvalue weighted by Crippen LogP contribution is -2.50. The number of benzene rings is 1. The second kappa shape index (κ2) is 6.41. The lowest BCUT2D eigenvalue weighted by molar-refractivity contribution is -0.126. The molecule has 122 valence electrons. The SMILES string of the molecule is CC(C)c1ccc(C2(C(=O)NCC(C)(C)N)CCCC2)cc1. The van der Waals surface area contributed by atoms with E-state index >= 15 is 0 Å². The van der Waals surface area contributed by atoms with E-state index in [1.807, 2.05) is 13.8 Å². The minimum atomic E-state index is -0.378. The van der Waals surface area contributed by atoms with Crippen molar-refractivity contribution in [3.8, 4) is 0 Å². The van der Waals surface area contributed by atoms with Crippen LogP contribution >= 0.6 is 0 Å². The molecule has 0 bridgehead atoms. The Balaban J connectivity index is 2.22. The zero-order valence-electron chi connectivity index (χ0n) is 14.4. The molecule has 2 rings (SSSR count). The summed E-state index contributed by atoms with van der Waals surface area (Å²) in [6.45, 7) is 8.77. The van der Waals surface area contributed by atoms with Crippen LogP contribution in [0.1, 0.15) is 70.4 Å². The molecule has 3 N–H and O–H groups in total. The minimum Gasteiger partial charge on any atom is -0.354 e. The van der Waals surface area contributed by atoms with Crippen LogP contribution < -0.4 is 11.1 Å².